The Morgan fingerprint density at radius 2 is 1.91 bits per heavy atom. The second kappa shape index (κ2) is 6.62. The molecular formula is C16H15N5O. The molecule has 0 saturated carbocycles. The largest absolute Gasteiger partial charge is 0.350 e. The molecule has 0 saturated heterocycles. The van der Waals surface area contributed by atoms with Crippen molar-refractivity contribution < 1.29 is 4.79 Å². The van der Waals surface area contributed by atoms with Crippen molar-refractivity contribution in [3.63, 3.8) is 0 Å². The monoisotopic (exact) mass is 293 g/mol. The minimum Gasteiger partial charge on any atom is -0.350 e. The molecule has 1 aromatic carbocycles. The summed E-state index contributed by atoms with van der Waals surface area (Å²) in [6.07, 6.45) is 8.36. The Balaban J connectivity index is 1.59. The first-order valence-corrected chi connectivity index (χ1v) is 6.94. The van der Waals surface area contributed by atoms with Crippen molar-refractivity contribution in [1.82, 2.24) is 24.8 Å². The third-order valence-corrected chi connectivity index (χ3v) is 3.16. The van der Waals surface area contributed by atoms with Crippen LogP contribution in [0.4, 0.5) is 0 Å². The quantitative estimate of drug-likeness (QED) is 0.778. The van der Waals surface area contributed by atoms with E-state index < -0.39 is 0 Å². The van der Waals surface area contributed by atoms with Gasteiger partial charge in [0.2, 0.25) is 0 Å². The van der Waals surface area contributed by atoms with Crippen molar-refractivity contribution in [3.05, 3.63) is 67.0 Å². The van der Waals surface area contributed by atoms with E-state index in [4.69, 9.17) is 0 Å². The van der Waals surface area contributed by atoms with Crippen molar-refractivity contribution in [1.29, 1.82) is 0 Å². The lowest BCUT2D eigenvalue weighted by molar-refractivity contribution is 0.0951. The van der Waals surface area contributed by atoms with E-state index in [1.165, 1.54) is 0 Å². The van der Waals surface area contributed by atoms with Gasteiger partial charge in [-0.3, -0.25) is 4.79 Å². The third kappa shape index (κ3) is 3.35. The van der Waals surface area contributed by atoms with Crippen LogP contribution in [0.5, 0.6) is 0 Å². The van der Waals surface area contributed by atoms with Crippen LogP contribution in [0.25, 0.3) is 11.4 Å². The second-order valence-corrected chi connectivity index (χ2v) is 4.72. The van der Waals surface area contributed by atoms with Gasteiger partial charge >= 0.3 is 0 Å². The van der Waals surface area contributed by atoms with Crippen molar-refractivity contribution in [3.8, 4) is 11.4 Å². The summed E-state index contributed by atoms with van der Waals surface area (Å²) in [6, 6.07) is 9.65. The topological polar surface area (TPSA) is 72.7 Å². The fourth-order valence-corrected chi connectivity index (χ4v) is 2.00. The van der Waals surface area contributed by atoms with Crippen LogP contribution >= 0.6 is 0 Å². The van der Waals surface area contributed by atoms with E-state index >= 15 is 0 Å². The summed E-state index contributed by atoms with van der Waals surface area (Å²) in [5.74, 6) is 0.426. The first-order valence-electron chi connectivity index (χ1n) is 6.94. The predicted octanol–water partition coefficient (Wildman–Crippen LogP) is 1.77. The summed E-state index contributed by atoms with van der Waals surface area (Å²) in [7, 11) is 0. The molecule has 1 amide bonds. The van der Waals surface area contributed by atoms with Gasteiger partial charge in [-0.2, -0.15) is 0 Å². The Morgan fingerprint density at radius 3 is 2.59 bits per heavy atom. The maximum Gasteiger partial charge on any atom is 0.254 e. The second-order valence-electron chi connectivity index (χ2n) is 4.72. The molecule has 110 valence electrons. The Kier molecular flexibility index (Phi) is 4.20. The zero-order chi connectivity index (χ0) is 15.2. The van der Waals surface area contributed by atoms with Gasteiger partial charge in [0, 0.05) is 43.4 Å². The van der Waals surface area contributed by atoms with Crippen LogP contribution in [0.1, 0.15) is 10.4 Å². The average molecular weight is 293 g/mol. The molecule has 2 heterocycles. The maximum absolute atomic E-state index is 12.0. The lowest BCUT2D eigenvalue weighted by Crippen LogP contribution is -2.27. The van der Waals surface area contributed by atoms with Crippen molar-refractivity contribution >= 4 is 5.91 Å². The molecule has 0 atom stereocenters. The number of carbonyl (C=O) groups is 1. The van der Waals surface area contributed by atoms with Gasteiger partial charge in [0.25, 0.3) is 5.91 Å². The Labute approximate surface area is 127 Å². The highest BCUT2D eigenvalue weighted by Crippen LogP contribution is 2.12. The number of rotatable bonds is 5. The zero-order valence-electron chi connectivity index (χ0n) is 11.9. The number of aromatic nitrogens is 4. The fourth-order valence-electron chi connectivity index (χ4n) is 2.00. The molecule has 3 aromatic rings. The van der Waals surface area contributed by atoms with Gasteiger partial charge in [0.15, 0.2) is 5.82 Å². The normalized spacial score (nSPS) is 10.4. The number of nitrogens with zero attached hydrogens (tertiary/aromatic N) is 4. The number of hydrogen-bond acceptors (Lipinski definition) is 4. The van der Waals surface area contributed by atoms with Crippen LogP contribution in [0.3, 0.4) is 0 Å². The van der Waals surface area contributed by atoms with Crippen LogP contribution in [0.15, 0.2) is 61.4 Å². The van der Waals surface area contributed by atoms with E-state index in [-0.39, 0.29) is 5.91 Å². The molecule has 0 radical (unpaired) electrons. The number of hydrogen-bond donors (Lipinski definition) is 1. The van der Waals surface area contributed by atoms with E-state index in [9.17, 15) is 4.79 Å². The third-order valence-electron chi connectivity index (χ3n) is 3.16. The minimum absolute atomic E-state index is 0.181. The zero-order valence-corrected chi connectivity index (χ0v) is 11.9. The fraction of sp³-hybridized carbons (Fsp3) is 0.125. The Hall–Kier alpha value is -3.02. The van der Waals surface area contributed by atoms with Gasteiger partial charge in [-0.25, -0.2) is 15.0 Å². The first-order chi connectivity index (χ1) is 10.8. The molecule has 3 rings (SSSR count). The summed E-state index contributed by atoms with van der Waals surface area (Å²) in [4.78, 5) is 24.4. The van der Waals surface area contributed by atoms with Gasteiger partial charge in [-0.15, -0.1) is 0 Å². The van der Waals surface area contributed by atoms with Crippen molar-refractivity contribution in [2.24, 2.45) is 0 Å². The molecule has 6 nitrogen and oxygen atoms in total. The molecule has 0 bridgehead atoms. The number of nitrogens with one attached hydrogen (secondary N) is 1. The summed E-state index contributed by atoms with van der Waals surface area (Å²) in [6.45, 7) is 1.20. The van der Waals surface area contributed by atoms with Crippen LogP contribution in [0, 0.1) is 0 Å². The van der Waals surface area contributed by atoms with Crippen LogP contribution in [-0.2, 0) is 6.54 Å². The summed E-state index contributed by atoms with van der Waals surface area (Å²) < 4.78 is 1.90. The van der Waals surface area contributed by atoms with E-state index in [1.54, 1.807) is 24.9 Å². The van der Waals surface area contributed by atoms with Gasteiger partial charge in [-0.05, 0) is 0 Å². The van der Waals surface area contributed by atoms with E-state index in [0.717, 1.165) is 5.56 Å². The van der Waals surface area contributed by atoms with Crippen LogP contribution in [0.2, 0.25) is 0 Å². The van der Waals surface area contributed by atoms with Gasteiger partial charge in [0.1, 0.15) is 0 Å². The molecule has 0 unspecified atom stereocenters. The highest BCUT2D eigenvalue weighted by molar-refractivity contribution is 5.93. The molecule has 0 spiro atoms. The Morgan fingerprint density at radius 1 is 1.14 bits per heavy atom. The van der Waals surface area contributed by atoms with Gasteiger partial charge in [0.05, 0.1) is 11.9 Å². The first kappa shape index (κ1) is 13.9. The van der Waals surface area contributed by atoms with E-state index in [2.05, 4.69) is 20.3 Å². The SMILES string of the molecule is O=C(NCCn1ccnc1)c1cnc(-c2ccccc2)nc1. The highest BCUT2D eigenvalue weighted by atomic mass is 16.1. The number of carbonyl (C=O) groups excluding carboxylic acids is 1. The summed E-state index contributed by atoms with van der Waals surface area (Å²) >= 11 is 0. The molecule has 0 aliphatic rings. The Bertz CT molecular complexity index is 723. The average Bonchev–Trinajstić information content (AvgIpc) is 3.09. The highest BCUT2D eigenvalue weighted by Gasteiger charge is 2.07. The minimum atomic E-state index is -0.181. The van der Waals surface area contributed by atoms with E-state index in [0.29, 0.717) is 24.5 Å². The lowest BCUT2D eigenvalue weighted by Gasteiger charge is -2.06. The summed E-state index contributed by atoms with van der Waals surface area (Å²) in [5.41, 5.74) is 1.37. The number of benzene rings is 1. The molecule has 6 heteroatoms. The molecule has 0 aliphatic heterocycles. The van der Waals surface area contributed by atoms with Crippen molar-refractivity contribution in [2.45, 2.75) is 6.54 Å². The molecule has 0 aliphatic carbocycles. The molecule has 22 heavy (non-hydrogen) atoms. The van der Waals surface area contributed by atoms with E-state index in [1.807, 2.05) is 41.1 Å². The predicted molar refractivity (Wildman–Crippen MR) is 82.0 cm³/mol. The number of amides is 1. The number of imidazole rings is 1. The van der Waals surface area contributed by atoms with Crippen LogP contribution in [-0.4, -0.2) is 32.0 Å². The molecule has 2 aromatic heterocycles. The molecule has 0 fully saturated rings. The lowest BCUT2D eigenvalue weighted by atomic mass is 10.2. The van der Waals surface area contributed by atoms with Crippen LogP contribution < -0.4 is 5.32 Å². The van der Waals surface area contributed by atoms with Gasteiger partial charge in [-0.1, -0.05) is 30.3 Å². The standard InChI is InChI=1S/C16H15N5O/c22-16(18-7-9-21-8-6-17-12-21)14-10-19-15(20-11-14)13-4-2-1-3-5-13/h1-6,8,10-12H,7,9H2,(H,18,22). The summed E-state index contributed by atoms with van der Waals surface area (Å²) in [5, 5.41) is 2.83. The maximum atomic E-state index is 12.0. The van der Waals surface area contributed by atoms with Crippen molar-refractivity contribution in [2.75, 3.05) is 6.54 Å². The smallest absolute Gasteiger partial charge is 0.254 e. The van der Waals surface area contributed by atoms with Gasteiger partial charge < -0.3 is 9.88 Å². The molecular weight excluding hydrogens is 278 g/mol. The molecule has 1 N–H and O–H groups in total.